The molecule has 1 aliphatic rings. The number of halogens is 2. The Bertz CT molecular complexity index is 528. The van der Waals surface area contributed by atoms with Crippen molar-refractivity contribution in [2.75, 3.05) is 40.0 Å². The number of piperidine rings is 1. The molecule has 2 atom stereocenters. The first-order chi connectivity index (χ1) is 11.1. The second-order valence-corrected chi connectivity index (χ2v) is 5.49. The van der Waals surface area contributed by atoms with E-state index in [1.807, 2.05) is 0 Å². The lowest BCUT2D eigenvalue weighted by Crippen LogP contribution is -2.50. The van der Waals surface area contributed by atoms with Crippen LogP contribution in [-0.4, -0.2) is 52.0 Å². The molecule has 0 aliphatic carbocycles. The van der Waals surface area contributed by atoms with Crippen LogP contribution in [0.1, 0.15) is 17.9 Å². The van der Waals surface area contributed by atoms with Gasteiger partial charge in [0, 0.05) is 25.6 Å². The monoisotopic (exact) mass is 328 g/mol. The fourth-order valence-corrected chi connectivity index (χ4v) is 2.71. The molecular formula is C16H22F2N2O3. The number of amides is 1. The maximum Gasteiger partial charge on any atom is 0.246 e. The largest absolute Gasteiger partial charge is 0.382 e. The van der Waals surface area contributed by atoms with Gasteiger partial charge in [0.25, 0.3) is 0 Å². The molecule has 1 aromatic rings. The molecule has 0 aromatic heterocycles. The molecule has 2 unspecified atom stereocenters. The van der Waals surface area contributed by atoms with Gasteiger partial charge in [0.2, 0.25) is 5.91 Å². The van der Waals surface area contributed by atoms with Crippen LogP contribution in [0.2, 0.25) is 0 Å². The number of hydrogen-bond donors (Lipinski definition) is 2. The lowest BCUT2D eigenvalue weighted by atomic mass is 9.86. The van der Waals surface area contributed by atoms with Crippen molar-refractivity contribution in [2.45, 2.75) is 18.4 Å². The van der Waals surface area contributed by atoms with Gasteiger partial charge in [-0.2, -0.15) is 0 Å². The van der Waals surface area contributed by atoms with Crippen molar-refractivity contribution < 1.29 is 23.0 Å². The van der Waals surface area contributed by atoms with Crippen molar-refractivity contribution in [2.24, 2.45) is 0 Å². The SMILES string of the molecule is COCCOCC(=O)NC1CNCCC1c1ccc(F)c(F)c1. The van der Waals surface area contributed by atoms with E-state index in [0.717, 1.165) is 19.0 Å². The zero-order valence-electron chi connectivity index (χ0n) is 13.1. The smallest absolute Gasteiger partial charge is 0.246 e. The minimum Gasteiger partial charge on any atom is -0.382 e. The van der Waals surface area contributed by atoms with E-state index >= 15 is 0 Å². The maximum atomic E-state index is 13.5. The van der Waals surface area contributed by atoms with Crippen molar-refractivity contribution in [1.29, 1.82) is 0 Å². The number of methoxy groups -OCH3 is 1. The Morgan fingerprint density at radius 3 is 2.91 bits per heavy atom. The summed E-state index contributed by atoms with van der Waals surface area (Å²) in [5.41, 5.74) is 0.691. The van der Waals surface area contributed by atoms with E-state index in [4.69, 9.17) is 9.47 Å². The molecule has 1 heterocycles. The molecule has 1 aliphatic heterocycles. The van der Waals surface area contributed by atoms with Crippen LogP contribution in [-0.2, 0) is 14.3 Å². The van der Waals surface area contributed by atoms with E-state index in [0.29, 0.717) is 25.3 Å². The topological polar surface area (TPSA) is 59.6 Å². The molecule has 0 bridgehead atoms. The molecule has 23 heavy (non-hydrogen) atoms. The molecule has 128 valence electrons. The lowest BCUT2D eigenvalue weighted by molar-refractivity contribution is -0.127. The van der Waals surface area contributed by atoms with Crippen LogP contribution in [0.4, 0.5) is 8.78 Å². The molecule has 5 nitrogen and oxygen atoms in total. The van der Waals surface area contributed by atoms with E-state index in [1.54, 1.807) is 13.2 Å². The van der Waals surface area contributed by atoms with Gasteiger partial charge < -0.3 is 20.1 Å². The highest BCUT2D eigenvalue weighted by atomic mass is 19.2. The highest BCUT2D eigenvalue weighted by molar-refractivity contribution is 5.77. The highest BCUT2D eigenvalue weighted by Gasteiger charge is 2.28. The molecular weight excluding hydrogens is 306 g/mol. The molecule has 0 saturated carbocycles. The van der Waals surface area contributed by atoms with Gasteiger partial charge in [0.05, 0.1) is 13.2 Å². The van der Waals surface area contributed by atoms with E-state index < -0.39 is 11.6 Å². The molecule has 2 rings (SSSR count). The summed E-state index contributed by atoms with van der Waals surface area (Å²) in [6.07, 6.45) is 0.737. The van der Waals surface area contributed by atoms with Gasteiger partial charge in [-0.05, 0) is 30.7 Å². The standard InChI is InChI=1S/C16H22F2N2O3/c1-22-6-7-23-10-16(21)20-15-9-19-5-4-12(15)11-2-3-13(17)14(18)8-11/h2-3,8,12,15,19H,4-7,9-10H2,1H3,(H,20,21). The first-order valence-corrected chi connectivity index (χ1v) is 7.63. The Morgan fingerprint density at radius 2 is 2.17 bits per heavy atom. The van der Waals surface area contributed by atoms with Crippen LogP contribution in [0, 0.1) is 11.6 Å². The summed E-state index contributed by atoms with van der Waals surface area (Å²) in [7, 11) is 1.56. The summed E-state index contributed by atoms with van der Waals surface area (Å²) in [6.45, 7) is 2.06. The Morgan fingerprint density at radius 1 is 1.35 bits per heavy atom. The fourth-order valence-electron chi connectivity index (χ4n) is 2.71. The zero-order chi connectivity index (χ0) is 16.7. The van der Waals surface area contributed by atoms with Gasteiger partial charge in [-0.15, -0.1) is 0 Å². The van der Waals surface area contributed by atoms with E-state index in [2.05, 4.69) is 10.6 Å². The Hall–Kier alpha value is -1.57. The normalized spacial score (nSPS) is 21.2. The Labute approximate surface area is 134 Å². The van der Waals surface area contributed by atoms with Crippen LogP contribution in [0.25, 0.3) is 0 Å². The Balaban J connectivity index is 1.95. The van der Waals surface area contributed by atoms with Crippen molar-refractivity contribution in [1.82, 2.24) is 10.6 Å². The van der Waals surface area contributed by atoms with Gasteiger partial charge in [0.1, 0.15) is 6.61 Å². The quantitative estimate of drug-likeness (QED) is 0.738. The van der Waals surface area contributed by atoms with Crippen LogP contribution in [0.3, 0.4) is 0 Å². The first-order valence-electron chi connectivity index (χ1n) is 7.63. The van der Waals surface area contributed by atoms with E-state index in [-0.39, 0.29) is 24.5 Å². The highest BCUT2D eigenvalue weighted by Crippen LogP contribution is 2.26. The third-order valence-electron chi connectivity index (χ3n) is 3.87. The number of hydrogen-bond acceptors (Lipinski definition) is 4. The summed E-state index contributed by atoms with van der Waals surface area (Å²) in [4.78, 5) is 11.9. The summed E-state index contributed by atoms with van der Waals surface area (Å²) >= 11 is 0. The lowest BCUT2D eigenvalue weighted by Gasteiger charge is -2.33. The number of carbonyl (C=O) groups excluding carboxylic acids is 1. The number of carbonyl (C=O) groups is 1. The maximum absolute atomic E-state index is 13.5. The molecule has 0 radical (unpaired) electrons. The number of rotatable bonds is 7. The molecule has 0 spiro atoms. The molecule has 2 N–H and O–H groups in total. The molecule has 7 heteroatoms. The summed E-state index contributed by atoms with van der Waals surface area (Å²) in [5, 5.41) is 6.09. The first kappa shape index (κ1) is 17.8. The van der Waals surface area contributed by atoms with Crippen LogP contribution >= 0.6 is 0 Å². The van der Waals surface area contributed by atoms with Crippen molar-refractivity contribution >= 4 is 5.91 Å². The van der Waals surface area contributed by atoms with E-state index in [9.17, 15) is 13.6 Å². The van der Waals surface area contributed by atoms with Gasteiger partial charge >= 0.3 is 0 Å². The molecule has 1 fully saturated rings. The van der Waals surface area contributed by atoms with E-state index in [1.165, 1.54) is 6.07 Å². The van der Waals surface area contributed by atoms with Gasteiger partial charge in [0.15, 0.2) is 11.6 Å². The van der Waals surface area contributed by atoms with Crippen molar-refractivity contribution in [3.63, 3.8) is 0 Å². The minimum absolute atomic E-state index is 0.0512. The average molecular weight is 328 g/mol. The predicted molar refractivity (Wildman–Crippen MR) is 81.2 cm³/mol. The second kappa shape index (κ2) is 8.90. The molecule has 1 saturated heterocycles. The van der Waals surface area contributed by atoms with Crippen LogP contribution in [0.15, 0.2) is 18.2 Å². The zero-order valence-corrected chi connectivity index (χ0v) is 13.1. The number of nitrogens with one attached hydrogen (secondary N) is 2. The Kier molecular flexibility index (Phi) is 6.88. The summed E-state index contributed by atoms with van der Waals surface area (Å²) in [5.74, 6) is -2.03. The van der Waals surface area contributed by atoms with Crippen LogP contribution < -0.4 is 10.6 Å². The fraction of sp³-hybridized carbons (Fsp3) is 0.562. The predicted octanol–water partition coefficient (Wildman–Crippen LogP) is 1.19. The van der Waals surface area contributed by atoms with Crippen molar-refractivity contribution in [3.05, 3.63) is 35.4 Å². The number of benzene rings is 1. The van der Waals surface area contributed by atoms with Crippen LogP contribution in [0.5, 0.6) is 0 Å². The number of ether oxygens (including phenoxy) is 2. The molecule has 1 aromatic carbocycles. The van der Waals surface area contributed by atoms with Gasteiger partial charge in [-0.25, -0.2) is 8.78 Å². The summed E-state index contributed by atoms with van der Waals surface area (Å²) < 4.78 is 36.6. The van der Waals surface area contributed by atoms with Crippen molar-refractivity contribution in [3.8, 4) is 0 Å². The third kappa shape index (κ3) is 5.23. The molecule has 1 amide bonds. The van der Waals surface area contributed by atoms with Gasteiger partial charge in [-0.1, -0.05) is 6.07 Å². The average Bonchev–Trinajstić information content (AvgIpc) is 2.55. The van der Waals surface area contributed by atoms with Gasteiger partial charge in [-0.3, -0.25) is 4.79 Å². The second-order valence-electron chi connectivity index (χ2n) is 5.49. The third-order valence-corrected chi connectivity index (χ3v) is 3.87. The summed E-state index contributed by atoms with van der Waals surface area (Å²) in [6, 6.07) is 3.72. The minimum atomic E-state index is -0.867.